The first-order valence-electron chi connectivity index (χ1n) is 14.9. The van der Waals surface area contributed by atoms with Gasteiger partial charge in [-0.2, -0.15) is 0 Å². The topological polar surface area (TPSA) is 155 Å². The van der Waals surface area contributed by atoms with E-state index in [2.05, 4.69) is 0 Å². The Morgan fingerprint density at radius 1 is 1.00 bits per heavy atom. The fourth-order valence-electron chi connectivity index (χ4n) is 6.59. The van der Waals surface area contributed by atoms with Crippen LogP contribution in [0.25, 0.3) is 0 Å². The van der Waals surface area contributed by atoms with Gasteiger partial charge in [0.25, 0.3) is 0 Å². The van der Waals surface area contributed by atoms with E-state index >= 15 is 0 Å². The molecule has 1 unspecified atom stereocenters. The maximum Gasteiger partial charge on any atom is 0.311 e. The van der Waals surface area contributed by atoms with Crippen LogP contribution in [-0.4, -0.2) is 118 Å². The van der Waals surface area contributed by atoms with Crippen LogP contribution in [-0.2, 0) is 28.5 Å². The minimum Gasteiger partial charge on any atom is -0.459 e. The van der Waals surface area contributed by atoms with Crippen LogP contribution in [0.15, 0.2) is 0 Å². The SMILES string of the molecule is CC[C@H]1OC(=O)[C@H](C)C(O)[C@H](C)[C@@H](O[C@@H]2O[C@H](C)C[C@H](N(C)C)[C@H]2O)[C@](C)(OC)C[C@@H](C)C(=O)[C@H](C)[C@@H](O)[C@]1(C)O. The van der Waals surface area contributed by atoms with E-state index in [-0.39, 0.29) is 30.8 Å². The number of hydrogen-bond donors (Lipinski definition) is 4. The number of methoxy groups -OCH3 is 1. The third-order valence-corrected chi connectivity index (χ3v) is 9.52. The minimum absolute atomic E-state index is 0.134. The maximum atomic E-state index is 13.6. The molecule has 0 radical (unpaired) electrons. The first kappa shape index (κ1) is 36.0. The molecule has 2 aliphatic heterocycles. The van der Waals surface area contributed by atoms with Crippen molar-refractivity contribution in [3.63, 3.8) is 0 Å². The Morgan fingerprint density at radius 2 is 1.59 bits per heavy atom. The number of ether oxygens (including phenoxy) is 4. The van der Waals surface area contributed by atoms with Gasteiger partial charge >= 0.3 is 5.97 Å². The van der Waals surface area contributed by atoms with E-state index in [4.69, 9.17) is 18.9 Å². The van der Waals surface area contributed by atoms with Crippen LogP contribution in [0, 0.1) is 23.7 Å². The van der Waals surface area contributed by atoms with Crippen molar-refractivity contribution >= 4 is 11.8 Å². The molecule has 0 aromatic rings. The van der Waals surface area contributed by atoms with Gasteiger partial charge in [-0.15, -0.1) is 0 Å². The lowest BCUT2D eigenvalue weighted by Gasteiger charge is -2.48. The Kier molecular flexibility index (Phi) is 12.4. The molecule has 2 fully saturated rings. The van der Waals surface area contributed by atoms with E-state index in [1.165, 1.54) is 21.0 Å². The number of aliphatic hydroxyl groups is 4. The number of likely N-dealkylation sites (N-methyl/N-ethyl adjacent to an activating group) is 1. The summed E-state index contributed by atoms with van der Waals surface area (Å²) < 4.78 is 24.2. The van der Waals surface area contributed by atoms with Crippen molar-refractivity contribution in [1.82, 2.24) is 4.90 Å². The van der Waals surface area contributed by atoms with Gasteiger partial charge in [-0.05, 0) is 61.1 Å². The van der Waals surface area contributed by atoms with Crippen LogP contribution in [0.1, 0.15) is 74.7 Å². The van der Waals surface area contributed by atoms with Gasteiger partial charge in [0.1, 0.15) is 23.6 Å². The monoisotopic (exact) mass is 589 g/mol. The summed E-state index contributed by atoms with van der Waals surface area (Å²) in [7, 11) is 5.21. The number of cyclic esters (lactones) is 1. The predicted molar refractivity (Wildman–Crippen MR) is 152 cm³/mol. The zero-order valence-electron chi connectivity index (χ0n) is 26.7. The summed E-state index contributed by atoms with van der Waals surface area (Å²) >= 11 is 0. The number of nitrogens with zero attached hydrogens (tertiary/aromatic N) is 1. The first-order chi connectivity index (χ1) is 18.8. The molecule has 14 atom stereocenters. The second kappa shape index (κ2) is 14.1. The van der Waals surface area contributed by atoms with E-state index in [9.17, 15) is 30.0 Å². The normalized spacial score (nSPS) is 47.6. The van der Waals surface area contributed by atoms with E-state index in [0.29, 0.717) is 6.42 Å². The Morgan fingerprint density at radius 3 is 2.10 bits per heavy atom. The zero-order valence-corrected chi connectivity index (χ0v) is 26.7. The Bertz CT molecular complexity index is 883. The van der Waals surface area contributed by atoms with Gasteiger partial charge in [0.2, 0.25) is 0 Å². The van der Waals surface area contributed by atoms with Gasteiger partial charge < -0.3 is 44.3 Å². The molecule has 0 aromatic carbocycles. The molecule has 11 nitrogen and oxygen atoms in total. The minimum atomic E-state index is -1.91. The second-order valence-electron chi connectivity index (χ2n) is 13.1. The third kappa shape index (κ3) is 7.67. The largest absolute Gasteiger partial charge is 0.459 e. The van der Waals surface area contributed by atoms with Crippen molar-refractivity contribution in [2.45, 2.75) is 135 Å². The molecule has 240 valence electrons. The zero-order chi connectivity index (χ0) is 31.6. The standard InChI is InChI=1S/C30H55NO10/c1-12-21-30(8,37)25(35)17(4)22(32)15(2)14-29(7,38-11)26(18(5)23(33)19(6)27(36)40-21)41-28-24(34)20(31(9)10)13-16(3)39-28/h15-21,23-26,28,33-35,37H,12-14H2,1-11H3/t15-,16-,17+,18+,19-,20+,21-,23?,24-,25-,26-,28+,29-,30-/m1/s1. The van der Waals surface area contributed by atoms with Crippen molar-refractivity contribution in [3.05, 3.63) is 0 Å². The highest BCUT2D eigenvalue weighted by Gasteiger charge is 2.51. The summed E-state index contributed by atoms with van der Waals surface area (Å²) in [4.78, 5) is 28.8. The lowest BCUT2D eigenvalue weighted by molar-refractivity contribution is -0.301. The number of aliphatic hydroxyl groups excluding tert-OH is 3. The number of esters is 1. The van der Waals surface area contributed by atoms with Crippen molar-refractivity contribution in [2.24, 2.45) is 23.7 Å². The molecule has 4 N–H and O–H groups in total. The van der Waals surface area contributed by atoms with E-state index in [1.54, 1.807) is 34.6 Å². The van der Waals surface area contributed by atoms with Crippen molar-refractivity contribution < 1.29 is 49.0 Å². The Labute approximate surface area is 245 Å². The van der Waals surface area contributed by atoms with Crippen LogP contribution < -0.4 is 0 Å². The van der Waals surface area contributed by atoms with Gasteiger partial charge in [-0.1, -0.05) is 27.7 Å². The van der Waals surface area contributed by atoms with Gasteiger partial charge in [0, 0.05) is 30.9 Å². The van der Waals surface area contributed by atoms with Crippen molar-refractivity contribution in [2.75, 3.05) is 21.2 Å². The van der Waals surface area contributed by atoms with Crippen LogP contribution in [0.4, 0.5) is 0 Å². The molecular weight excluding hydrogens is 534 g/mol. The molecule has 0 saturated carbocycles. The number of carbonyl (C=O) groups excluding carboxylic acids is 2. The van der Waals surface area contributed by atoms with Gasteiger partial charge in [-0.25, -0.2) is 0 Å². The molecule has 0 amide bonds. The molecular formula is C30H55NO10. The molecule has 0 bridgehead atoms. The van der Waals surface area contributed by atoms with Crippen LogP contribution in [0.5, 0.6) is 0 Å². The van der Waals surface area contributed by atoms with Crippen LogP contribution in [0.3, 0.4) is 0 Å². The van der Waals surface area contributed by atoms with Crippen molar-refractivity contribution in [3.8, 4) is 0 Å². The number of carbonyl (C=O) groups is 2. The lowest BCUT2D eigenvalue weighted by Crippen LogP contribution is -2.60. The highest BCUT2D eigenvalue weighted by Crippen LogP contribution is 2.39. The number of Topliss-reactive ketones (excluding diaryl/α,β-unsaturated/α-hetero) is 1. The second-order valence-corrected chi connectivity index (χ2v) is 13.1. The molecule has 11 heteroatoms. The number of rotatable bonds is 5. The number of hydrogen-bond acceptors (Lipinski definition) is 11. The Hall–Kier alpha value is -1.18. The van der Waals surface area contributed by atoms with E-state index < -0.39 is 77.7 Å². The summed E-state index contributed by atoms with van der Waals surface area (Å²) in [5.41, 5.74) is -3.11. The highest BCUT2D eigenvalue weighted by atomic mass is 16.7. The summed E-state index contributed by atoms with van der Waals surface area (Å²) in [5.74, 6) is -4.49. The summed E-state index contributed by atoms with van der Waals surface area (Å²) in [6.45, 7) is 13.2. The molecule has 2 rings (SSSR count). The fraction of sp³-hybridized carbons (Fsp3) is 0.933. The summed E-state index contributed by atoms with van der Waals surface area (Å²) in [6.07, 6.45) is -6.25. The van der Waals surface area contributed by atoms with Gasteiger partial charge in [0.05, 0.1) is 35.9 Å². The summed E-state index contributed by atoms with van der Waals surface area (Å²) in [6, 6.07) is -0.244. The van der Waals surface area contributed by atoms with Gasteiger partial charge in [0.15, 0.2) is 6.29 Å². The average Bonchev–Trinajstić information content (AvgIpc) is 2.92. The maximum absolute atomic E-state index is 13.6. The molecule has 0 spiro atoms. The first-order valence-corrected chi connectivity index (χ1v) is 14.9. The number of ketones is 1. The summed E-state index contributed by atoms with van der Waals surface area (Å²) in [5, 5.41) is 45.1. The van der Waals surface area contributed by atoms with Crippen LogP contribution in [0.2, 0.25) is 0 Å². The molecule has 0 aliphatic carbocycles. The lowest BCUT2D eigenvalue weighted by atomic mass is 9.74. The smallest absolute Gasteiger partial charge is 0.311 e. The Balaban J connectivity index is 2.60. The van der Waals surface area contributed by atoms with Crippen LogP contribution >= 0.6 is 0 Å². The molecule has 2 aliphatic rings. The van der Waals surface area contributed by atoms with Crippen molar-refractivity contribution in [1.29, 1.82) is 0 Å². The molecule has 2 heterocycles. The van der Waals surface area contributed by atoms with Gasteiger partial charge in [-0.3, -0.25) is 9.59 Å². The fourth-order valence-corrected chi connectivity index (χ4v) is 6.59. The van der Waals surface area contributed by atoms with E-state index in [1.807, 2.05) is 25.9 Å². The quantitative estimate of drug-likeness (QED) is 0.345. The highest BCUT2D eigenvalue weighted by molar-refractivity contribution is 5.83. The molecule has 41 heavy (non-hydrogen) atoms. The van der Waals surface area contributed by atoms with E-state index in [0.717, 1.165) is 0 Å². The average molecular weight is 590 g/mol. The molecule has 0 aromatic heterocycles. The third-order valence-electron chi connectivity index (χ3n) is 9.52. The predicted octanol–water partition coefficient (Wildman–Crippen LogP) is 1.51. The molecule has 2 saturated heterocycles.